The molecule has 20 heavy (non-hydrogen) atoms. The average molecular weight is 299 g/mol. The summed E-state index contributed by atoms with van der Waals surface area (Å²) >= 11 is 0. The number of allylic oxidation sites excluding steroid dienone is 2. The normalized spacial score (nSPS) is 27.5. The molecular weight excluding hydrogens is 274 g/mol. The molecule has 2 aliphatic rings. The number of carbonyl (C=O) groups is 1. The van der Waals surface area contributed by atoms with Crippen molar-refractivity contribution in [3.8, 4) is 0 Å². The van der Waals surface area contributed by atoms with Gasteiger partial charge in [-0.1, -0.05) is 31.9 Å². The van der Waals surface area contributed by atoms with Crippen molar-refractivity contribution in [3.63, 3.8) is 0 Å². The number of sulfonamides is 1. The van der Waals surface area contributed by atoms with Crippen LogP contribution in [-0.4, -0.2) is 19.1 Å². The van der Waals surface area contributed by atoms with Crippen LogP contribution in [0, 0.1) is 11.8 Å². The van der Waals surface area contributed by atoms with Crippen molar-refractivity contribution in [2.24, 2.45) is 11.8 Å². The molecule has 114 valence electrons. The first-order chi connectivity index (χ1) is 9.39. The second-order valence-electron chi connectivity index (χ2n) is 6.35. The Morgan fingerprint density at radius 2 is 2.05 bits per heavy atom. The fraction of sp³-hybridized carbons (Fsp3) is 0.800. The monoisotopic (exact) mass is 299 g/mol. The SMILES string of the molecule is CCCCC/C=C\[C@@H]1CC1C(=O)NS(=O)(=O)C1(C)CC1. The maximum absolute atomic E-state index is 11.9. The van der Waals surface area contributed by atoms with Gasteiger partial charge in [-0.3, -0.25) is 9.52 Å². The molecule has 0 aromatic carbocycles. The van der Waals surface area contributed by atoms with Crippen molar-refractivity contribution >= 4 is 15.9 Å². The van der Waals surface area contributed by atoms with Gasteiger partial charge in [-0.2, -0.15) is 0 Å². The molecule has 2 atom stereocenters. The topological polar surface area (TPSA) is 63.2 Å². The van der Waals surface area contributed by atoms with Crippen LogP contribution in [0.15, 0.2) is 12.2 Å². The minimum atomic E-state index is -3.47. The zero-order chi connectivity index (χ0) is 14.8. The van der Waals surface area contributed by atoms with Crippen molar-refractivity contribution in [1.82, 2.24) is 4.72 Å². The van der Waals surface area contributed by atoms with Crippen molar-refractivity contribution < 1.29 is 13.2 Å². The second-order valence-corrected chi connectivity index (χ2v) is 8.55. The molecule has 0 heterocycles. The lowest BCUT2D eigenvalue weighted by molar-refractivity contribution is -0.120. The van der Waals surface area contributed by atoms with Crippen LogP contribution in [0.3, 0.4) is 0 Å². The summed E-state index contributed by atoms with van der Waals surface area (Å²) in [5.74, 6) is -0.227. The fourth-order valence-electron chi connectivity index (χ4n) is 2.29. The summed E-state index contributed by atoms with van der Waals surface area (Å²) in [6, 6.07) is 0. The Bertz CT molecular complexity index is 491. The van der Waals surface area contributed by atoms with E-state index in [2.05, 4.69) is 23.8 Å². The first-order valence-corrected chi connectivity index (χ1v) is 9.11. The van der Waals surface area contributed by atoms with Crippen LogP contribution < -0.4 is 4.72 Å². The summed E-state index contributed by atoms with van der Waals surface area (Å²) in [5.41, 5.74) is 0. The standard InChI is InChI=1S/C15H25NO3S/c1-3-4-5-6-7-8-12-11-13(12)14(17)16-20(18,19)15(2)9-10-15/h7-8,12-13H,3-6,9-11H2,1-2H3,(H,16,17)/b8-7-/t12-,13?/m1/s1. The van der Waals surface area contributed by atoms with Gasteiger partial charge in [0.25, 0.3) is 0 Å². The number of carbonyl (C=O) groups excluding carboxylic acids is 1. The molecule has 2 saturated carbocycles. The molecule has 0 radical (unpaired) electrons. The van der Waals surface area contributed by atoms with Gasteiger partial charge < -0.3 is 0 Å². The van der Waals surface area contributed by atoms with E-state index in [1.165, 1.54) is 19.3 Å². The summed E-state index contributed by atoms with van der Waals surface area (Å²) in [4.78, 5) is 11.9. The molecule has 1 N–H and O–H groups in total. The third kappa shape index (κ3) is 3.62. The van der Waals surface area contributed by atoms with Gasteiger partial charge in [0, 0.05) is 5.92 Å². The third-order valence-corrected chi connectivity index (χ3v) is 6.55. The predicted octanol–water partition coefficient (Wildman–Crippen LogP) is 2.76. The molecule has 0 bridgehead atoms. The van der Waals surface area contributed by atoms with Gasteiger partial charge in [-0.05, 0) is 44.9 Å². The molecule has 1 amide bonds. The highest BCUT2D eigenvalue weighted by atomic mass is 32.2. The number of hydrogen-bond acceptors (Lipinski definition) is 3. The minimum absolute atomic E-state index is 0.144. The largest absolute Gasteiger partial charge is 0.274 e. The van der Waals surface area contributed by atoms with E-state index < -0.39 is 14.8 Å². The Balaban J connectivity index is 1.73. The van der Waals surface area contributed by atoms with Crippen LogP contribution in [0.5, 0.6) is 0 Å². The van der Waals surface area contributed by atoms with Crippen LogP contribution in [0.4, 0.5) is 0 Å². The van der Waals surface area contributed by atoms with Crippen LogP contribution in [0.25, 0.3) is 0 Å². The maximum atomic E-state index is 11.9. The molecule has 0 spiro atoms. The van der Waals surface area contributed by atoms with Gasteiger partial charge in [-0.25, -0.2) is 8.42 Å². The second kappa shape index (κ2) is 5.88. The summed E-state index contributed by atoms with van der Waals surface area (Å²) in [7, 11) is -3.47. The Kier molecular flexibility index (Phi) is 4.57. The third-order valence-electron chi connectivity index (χ3n) is 4.37. The van der Waals surface area contributed by atoms with Crippen molar-refractivity contribution in [3.05, 3.63) is 12.2 Å². The lowest BCUT2D eigenvalue weighted by atomic mass is 10.2. The number of rotatable bonds is 8. The molecule has 5 heteroatoms. The average Bonchev–Trinajstić information content (AvgIpc) is 3.25. The zero-order valence-electron chi connectivity index (χ0n) is 12.4. The van der Waals surface area contributed by atoms with E-state index in [4.69, 9.17) is 0 Å². The van der Waals surface area contributed by atoms with E-state index in [1.807, 2.05) is 0 Å². The zero-order valence-corrected chi connectivity index (χ0v) is 13.2. The summed E-state index contributed by atoms with van der Waals surface area (Å²) < 4.78 is 25.4. The molecule has 2 aliphatic carbocycles. The smallest absolute Gasteiger partial charge is 0.240 e. The van der Waals surface area contributed by atoms with Crippen molar-refractivity contribution in [2.75, 3.05) is 0 Å². The van der Waals surface area contributed by atoms with Crippen molar-refractivity contribution in [2.45, 2.75) is 63.5 Å². The molecule has 4 nitrogen and oxygen atoms in total. The van der Waals surface area contributed by atoms with E-state index in [9.17, 15) is 13.2 Å². The first-order valence-electron chi connectivity index (χ1n) is 7.62. The van der Waals surface area contributed by atoms with Crippen LogP contribution in [0.1, 0.15) is 58.8 Å². The summed E-state index contributed by atoms with van der Waals surface area (Å²) in [6.07, 6.45) is 11.0. The summed E-state index contributed by atoms with van der Waals surface area (Å²) in [6.45, 7) is 3.87. The van der Waals surface area contributed by atoms with Gasteiger partial charge >= 0.3 is 0 Å². The van der Waals surface area contributed by atoms with Crippen LogP contribution >= 0.6 is 0 Å². The lowest BCUT2D eigenvalue weighted by Gasteiger charge is -2.11. The molecule has 0 saturated heterocycles. The molecule has 0 aromatic heterocycles. The summed E-state index contributed by atoms with van der Waals surface area (Å²) in [5, 5.41) is 0. The highest BCUT2D eigenvalue weighted by Crippen LogP contribution is 2.44. The Labute approximate surface area is 122 Å². The highest BCUT2D eigenvalue weighted by molar-refractivity contribution is 7.91. The highest BCUT2D eigenvalue weighted by Gasteiger charge is 2.52. The van der Waals surface area contributed by atoms with Gasteiger partial charge in [0.15, 0.2) is 0 Å². The number of nitrogens with one attached hydrogen (secondary N) is 1. The van der Waals surface area contributed by atoms with Crippen molar-refractivity contribution in [1.29, 1.82) is 0 Å². The molecule has 2 fully saturated rings. The van der Waals surface area contributed by atoms with E-state index >= 15 is 0 Å². The minimum Gasteiger partial charge on any atom is -0.274 e. The molecular formula is C15H25NO3S. The molecule has 2 rings (SSSR count). The van der Waals surface area contributed by atoms with Crippen LogP contribution in [-0.2, 0) is 14.8 Å². The van der Waals surface area contributed by atoms with Gasteiger partial charge in [-0.15, -0.1) is 0 Å². The van der Waals surface area contributed by atoms with E-state index in [-0.39, 0.29) is 17.7 Å². The van der Waals surface area contributed by atoms with Gasteiger partial charge in [0.2, 0.25) is 15.9 Å². The number of amides is 1. The maximum Gasteiger partial charge on any atom is 0.240 e. The van der Waals surface area contributed by atoms with Gasteiger partial charge in [0.05, 0.1) is 4.75 Å². The quantitative estimate of drug-likeness (QED) is 0.553. The lowest BCUT2D eigenvalue weighted by Crippen LogP contribution is -2.39. The molecule has 0 aromatic rings. The van der Waals surface area contributed by atoms with Gasteiger partial charge in [0.1, 0.15) is 0 Å². The number of hydrogen-bond donors (Lipinski definition) is 1. The fourth-order valence-corrected chi connectivity index (χ4v) is 3.59. The predicted molar refractivity (Wildman–Crippen MR) is 79.6 cm³/mol. The van der Waals surface area contributed by atoms with E-state index in [0.717, 1.165) is 12.8 Å². The Morgan fingerprint density at radius 3 is 2.65 bits per heavy atom. The molecule has 1 unspecified atom stereocenters. The van der Waals surface area contributed by atoms with E-state index in [0.29, 0.717) is 12.8 Å². The number of unbranched alkanes of at least 4 members (excludes halogenated alkanes) is 3. The molecule has 0 aliphatic heterocycles. The Hall–Kier alpha value is -0.840. The Morgan fingerprint density at radius 1 is 1.35 bits per heavy atom. The van der Waals surface area contributed by atoms with E-state index in [1.54, 1.807) is 6.92 Å². The first kappa shape index (κ1) is 15.5. The van der Waals surface area contributed by atoms with Crippen LogP contribution in [0.2, 0.25) is 0 Å².